The molecule has 0 aromatic heterocycles. The monoisotopic (exact) mass is 433 g/mol. The number of rotatable bonds is 3. The van der Waals surface area contributed by atoms with Crippen molar-refractivity contribution in [1.82, 2.24) is 4.90 Å². The number of carbonyl (C=O) groups excluding carboxylic acids is 1. The number of hydrogen-bond donors (Lipinski definition) is 0. The summed E-state index contributed by atoms with van der Waals surface area (Å²) >= 11 is 0. The Kier molecular flexibility index (Phi) is 4.84. The quantitative estimate of drug-likeness (QED) is 0.508. The molecular weight excluding hydrogens is 413 g/mol. The standard InChI is InChI=1S/C28H20FN3O/c1-18-6-8-21(9-7-18)26(33)25-24(20-10-12-22(29)13-11-20)28(16-30,17-31)27-23-5-3-2-4-19(23)14-15-32(25)27/h2-15,24-25,27H,1H3/t24-,25-,27-/m0/s1. The lowest BCUT2D eigenvalue weighted by Crippen LogP contribution is -2.37. The summed E-state index contributed by atoms with van der Waals surface area (Å²) < 4.78 is 13.8. The molecule has 3 aromatic rings. The van der Waals surface area contributed by atoms with Crippen LogP contribution in [0, 0.1) is 40.8 Å². The van der Waals surface area contributed by atoms with Gasteiger partial charge in [-0.15, -0.1) is 0 Å². The number of hydrogen-bond acceptors (Lipinski definition) is 4. The van der Waals surface area contributed by atoms with Gasteiger partial charge in [-0.1, -0.05) is 66.2 Å². The van der Waals surface area contributed by atoms with Crippen molar-refractivity contribution in [2.24, 2.45) is 5.41 Å². The van der Waals surface area contributed by atoms with Crippen LogP contribution in [-0.4, -0.2) is 16.7 Å². The zero-order chi connectivity index (χ0) is 23.2. The predicted octanol–water partition coefficient (Wildman–Crippen LogP) is 5.54. The van der Waals surface area contributed by atoms with E-state index in [0.29, 0.717) is 11.1 Å². The maximum Gasteiger partial charge on any atom is 0.185 e. The molecule has 0 N–H and O–H groups in total. The molecule has 0 radical (unpaired) electrons. The fraction of sp³-hybridized carbons (Fsp3) is 0.179. The van der Waals surface area contributed by atoms with Crippen LogP contribution in [0.25, 0.3) is 6.08 Å². The van der Waals surface area contributed by atoms with Crippen LogP contribution in [0.5, 0.6) is 0 Å². The number of nitriles is 2. The number of ketones is 1. The molecule has 0 saturated carbocycles. The Hall–Kier alpha value is -4.22. The first-order valence-electron chi connectivity index (χ1n) is 10.7. The van der Waals surface area contributed by atoms with Crippen LogP contribution in [-0.2, 0) is 0 Å². The van der Waals surface area contributed by atoms with Crippen LogP contribution in [0.1, 0.15) is 44.6 Å². The molecule has 0 amide bonds. The average Bonchev–Trinajstić information content (AvgIpc) is 3.15. The molecule has 4 nitrogen and oxygen atoms in total. The number of nitrogens with zero attached hydrogens (tertiary/aromatic N) is 3. The van der Waals surface area contributed by atoms with E-state index < -0.39 is 29.2 Å². The van der Waals surface area contributed by atoms with Gasteiger partial charge in [0.05, 0.1) is 18.2 Å². The first-order valence-corrected chi connectivity index (χ1v) is 10.7. The fourth-order valence-corrected chi connectivity index (χ4v) is 5.23. The lowest BCUT2D eigenvalue weighted by atomic mass is 9.67. The highest BCUT2D eigenvalue weighted by Crippen LogP contribution is 2.60. The molecule has 0 unspecified atom stereocenters. The first-order chi connectivity index (χ1) is 16.0. The smallest absolute Gasteiger partial charge is 0.185 e. The number of benzene rings is 3. The Balaban J connectivity index is 1.76. The molecular formula is C28H20FN3O. The van der Waals surface area contributed by atoms with E-state index in [4.69, 9.17) is 0 Å². The molecule has 5 rings (SSSR count). The molecule has 1 saturated heterocycles. The number of fused-ring (bicyclic) bond motifs is 3. The normalized spacial score (nSPS) is 22.1. The van der Waals surface area contributed by atoms with Gasteiger partial charge >= 0.3 is 0 Å². The van der Waals surface area contributed by atoms with Gasteiger partial charge in [0.1, 0.15) is 11.9 Å². The molecule has 0 spiro atoms. The van der Waals surface area contributed by atoms with E-state index in [2.05, 4.69) is 12.1 Å². The highest BCUT2D eigenvalue weighted by molar-refractivity contribution is 6.01. The second-order valence-corrected chi connectivity index (χ2v) is 8.59. The third-order valence-electron chi connectivity index (χ3n) is 6.78. The highest BCUT2D eigenvalue weighted by atomic mass is 19.1. The zero-order valence-corrected chi connectivity index (χ0v) is 17.9. The summed E-state index contributed by atoms with van der Waals surface area (Å²) in [6, 6.07) is 23.8. The van der Waals surface area contributed by atoms with Crippen molar-refractivity contribution in [3.8, 4) is 12.1 Å². The third-order valence-corrected chi connectivity index (χ3v) is 6.78. The lowest BCUT2D eigenvalue weighted by molar-refractivity contribution is 0.0874. The largest absolute Gasteiger partial charge is 0.357 e. The van der Waals surface area contributed by atoms with E-state index in [9.17, 15) is 19.7 Å². The molecule has 2 aliphatic heterocycles. The van der Waals surface area contributed by atoms with E-state index >= 15 is 0 Å². The summed E-state index contributed by atoms with van der Waals surface area (Å²) in [4.78, 5) is 15.8. The zero-order valence-electron chi connectivity index (χ0n) is 17.9. The first kappa shape index (κ1) is 20.7. The van der Waals surface area contributed by atoms with Crippen molar-refractivity contribution < 1.29 is 9.18 Å². The second kappa shape index (κ2) is 7.73. The highest BCUT2D eigenvalue weighted by Gasteiger charge is 2.63. The number of Topliss-reactive ketones (excluding diaryl/α,β-unsaturated/α-hetero) is 1. The van der Waals surface area contributed by atoms with Crippen molar-refractivity contribution in [2.45, 2.75) is 24.9 Å². The summed E-state index contributed by atoms with van der Waals surface area (Å²) in [6.07, 6.45) is 3.73. The summed E-state index contributed by atoms with van der Waals surface area (Å²) in [5.41, 5.74) is 2.31. The van der Waals surface area contributed by atoms with Crippen LogP contribution in [0.4, 0.5) is 4.39 Å². The molecule has 33 heavy (non-hydrogen) atoms. The summed E-state index contributed by atoms with van der Waals surface area (Å²) in [6.45, 7) is 1.95. The number of carbonyl (C=O) groups is 1. The molecule has 3 atom stereocenters. The van der Waals surface area contributed by atoms with Gasteiger partial charge < -0.3 is 4.90 Å². The van der Waals surface area contributed by atoms with Gasteiger partial charge in [0.2, 0.25) is 0 Å². The van der Waals surface area contributed by atoms with E-state index in [-0.39, 0.29) is 5.78 Å². The SMILES string of the molecule is Cc1ccc(C(=O)[C@@H]2[C@H](c3ccc(F)cc3)C(C#N)(C#N)[C@@H]3c4ccccc4C=CN23)cc1. The average molecular weight is 433 g/mol. The minimum absolute atomic E-state index is 0.175. The molecule has 160 valence electrons. The van der Waals surface area contributed by atoms with Crippen LogP contribution >= 0.6 is 0 Å². The molecule has 0 bridgehead atoms. The molecule has 3 aromatic carbocycles. The Labute approximate surface area is 191 Å². The van der Waals surface area contributed by atoms with Gasteiger partial charge in [-0.05, 0) is 41.8 Å². The summed E-state index contributed by atoms with van der Waals surface area (Å²) in [5, 5.41) is 20.9. The van der Waals surface area contributed by atoms with Crippen LogP contribution in [0.15, 0.2) is 79.0 Å². The lowest BCUT2D eigenvalue weighted by Gasteiger charge is -2.34. The number of aryl methyl sites for hydroxylation is 1. The maximum atomic E-state index is 13.9. The molecule has 0 aliphatic carbocycles. The molecule has 2 heterocycles. The van der Waals surface area contributed by atoms with Gasteiger partial charge in [-0.25, -0.2) is 4.39 Å². The van der Waals surface area contributed by atoms with Crippen LogP contribution < -0.4 is 0 Å². The van der Waals surface area contributed by atoms with Crippen molar-refractivity contribution in [3.63, 3.8) is 0 Å². The summed E-state index contributed by atoms with van der Waals surface area (Å²) in [7, 11) is 0. The minimum Gasteiger partial charge on any atom is -0.357 e. The molecule has 5 heteroatoms. The fourth-order valence-electron chi connectivity index (χ4n) is 5.23. The topological polar surface area (TPSA) is 67.9 Å². The Bertz CT molecular complexity index is 1330. The molecule has 2 aliphatic rings. The van der Waals surface area contributed by atoms with Gasteiger partial charge in [0, 0.05) is 17.7 Å². The number of halogens is 1. The van der Waals surface area contributed by atoms with Gasteiger partial charge in [-0.2, -0.15) is 10.5 Å². The third kappa shape index (κ3) is 3.05. The predicted molar refractivity (Wildman–Crippen MR) is 122 cm³/mol. The minimum atomic E-state index is -1.55. The van der Waals surface area contributed by atoms with Crippen molar-refractivity contribution >= 4 is 11.9 Å². The Morgan fingerprint density at radius 1 is 0.970 bits per heavy atom. The molecule has 1 fully saturated rings. The van der Waals surface area contributed by atoms with Crippen molar-refractivity contribution in [2.75, 3.05) is 0 Å². The maximum absolute atomic E-state index is 13.9. The Morgan fingerprint density at radius 3 is 2.30 bits per heavy atom. The van der Waals surface area contributed by atoms with Gasteiger partial charge in [0.15, 0.2) is 11.2 Å². The van der Waals surface area contributed by atoms with Gasteiger partial charge in [-0.3, -0.25) is 4.79 Å². The van der Waals surface area contributed by atoms with E-state index in [1.54, 1.807) is 24.3 Å². The van der Waals surface area contributed by atoms with Crippen molar-refractivity contribution in [1.29, 1.82) is 10.5 Å². The van der Waals surface area contributed by atoms with E-state index in [0.717, 1.165) is 16.7 Å². The second-order valence-electron chi connectivity index (χ2n) is 8.59. The van der Waals surface area contributed by atoms with Crippen LogP contribution in [0.3, 0.4) is 0 Å². The van der Waals surface area contributed by atoms with Gasteiger partial charge in [0.25, 0.3) is 0 Å². The summed E-state index contributed by atoms with van der Waals surface area (Å²) in [5.74, 6) is -1.37. The Morgan fingerprint density at radius 2 is 1.64 bits per heavy atom. The van der Waals surface area contributed by atoms with Crippen LogP contribution in [0.2, 0.25) is 0 Å². The van der Waals surface area contributed by atoms with Crippen molar-refractivity contribution in [3.05, 3.63) is 113 Å². The van der Waals surface area contributed by atoms with E-state index in [1.807, 2.05) is 60.5 Å². The van der Waals surface area contributed by atoms with E-state index in [1.165, 1.54) is 12.1 Å².